The highest BCUT2D eigenvalue weighted by atomic mass is 16.5. The molecule has 98 valence electrons. The molecule has 1 aliphatic heterocycles. The lowest BCUT2D eigenvalue weighted by molar-refractivity contribution is -0.143. The molecule has 0 unspecified atom stereocenters. The van der Waals surface area contributed by atoms with Gasteiger partial charge in [0.2, 0.25) is 11.8 Å². The highest BCUT2D eigenvalue weighted by Gasteiger charge is 2.26. The Morgan fingerprint density at radius 2 is 2.00 bits per heavy atom. The van der Waals surface area contributed by atoms with Crippen LogP contribution >= 0.6 is 0 Å². The number of hydrogen-bond acceptors (Lipinski definition) is 6. The molecule has 0 aromatic carbocycles. The Morgan fingerprint density at radius 3 is 2.67 bits per heavy atom. The van der Waals surface area contributed by atoms with Crippen LogP contribution < -0.4 is 10.6 Å². The first-order valence-electron chi connectivity index (χ1n) is 5.03. The first-order valence-corrected chi connectivity index (χ1v) is 5.03. The van der Waals surface area contributed by atoms with Gasteiger partial charge in [0.15, 0.2) is 0 Å². The molecule has 2 amide bonds. The van der Waals surface area contributed by atoms with Gasteiger partial charge in [-0.1, -0.05) is 0 Å². The van der Waals surface area contributed by atoms with Gasteiger partial charge >= 0.3 is 11.9 Å². The number of esters is 2. The second-order valence-electron chi connectivity index (χ2n) is 3.32. The monoisotopic (exact) mass is 256 g/mol. The molecule has 8 heteroatoms. The minimum absolute atomic E-state index is 0.0917. The Kier molecular flexibility index (Phi) is 4.85. The number of carbonyl (C=O) groups is 4. The van der Waals surface area contributed by atoms with Crippen LogP contribution in [0.5, 0.6) is 0 Å². The molecule has 0 bridgehead atoms. The predicted octanol–water partition coefficient (Wildman–Crippen LogP) is -2.13. The van der Waals surface area contributed by atoms with Gasteiger partial charge in [0.1, 0.15) is 12.6 Å². The molecule has 18 heavy (non-hydrogen) atoms. The van der Waals surface area contributed by atoms with E-state index in [0.717, 1.165) is 12.2 Å². The van der Waals surface area contributed by atoms with Crippen molar-refractivity contribution in [1.29, 1.82) is 0 Å². The minimum Gasteiger partial charge on any atom is -0.466 e. The van der Waals surface area contributed by atoms with Crippen LogP contribution in [0.4, 0.5) is 0 Å². The van der Waals surface area contributed by atoms with E-state index in [1.54, 1.807) is 0 Å². The van der Waals surface area contributed by atoms with E-state index < -0.39 is 23.9 Å². The van der Waals surface area contributed by atoms with Crippen LogP contribution in [0.2, 0.25) is 0 Å². The van der Waals surface area contributed by atoms with Crippen molar-refractivity contribution >= 4 is 23.8 Å². The first-order chi connectivity index (χ1) is 8.52. The normalized spacial score (nSPS) is 19.1. The Bertz CT molecular complexity index is 403. The van der Waals surface area contributed by atoms with Crippen molar-refractivity contribution in [2.75, 3.05) is 20.3 Å². The minimum atomic E-state index is -0.915. The van der Waals surface area contributed by atoms with E-state index in [9.17, 15) is 19.2 Å². The van der Waals surface area contributed by atoms with E-state index in [-0.39, 0.29) is 19.1 Å². The Balaban J connectivity index is 2.37. The van der Waals surface area contributed by atoms with E-state index in [1.165, 1.54) is 7.11 Å². The summed E-state index contributed by atoms with van der Waals surface area (Å²) in [6.07, 6.45) is 1.76. The summed E-state index contributed by atoms with van der Waals surface area (Å²) in [5, 5.41) is 4.68. The highest BCUT2D eigenvalue weighted by molar-refractivity contribution is 5.95. The summed E-state index contributed by atoms with van der Waals surface area (Å²) in [6, 6.07) is -0.915. The average molecular weight is 256 g/mol. The molecule has 8 nitrogen and oxygen atoms in total. The Morgan fingerprint density at radius 1 is 1.33 bits per heavy atom. The van der Waals surface area contributed by atoms with Crippen molar-refractivity contribution in [1.82, 2.24) is 10.6 Å². The zero-order valence-corrected chi connectivity index (χ0v) is 9.60. The van der Waals surface area contributed by atoms with E-state index in [4.69, 9.17) is 0 Å². The third kappa shape index (κ3) is 4.24. The van der Waals surface area contributed by atoms with Crippen LogP contribution in [0.25, 0.3) is 0 Å². The average Bonchev–Trinajstić information content (AvgIpc) is 2.36. The molecule has 1 heterocycles. The fourth-order valence-electron chi connectivity index (χ4n) is 1.14. The first kappa shape index (κ1) is 13.7. The van der Waals surface area contributed by atoms with Gasteiger partial charge < -0.3 is 20.1 Å². The maximum Gasteiger partial charge on any atom is 0.331 e. The second-order valence-corrected chi connectivity index (χ2v) is 3.32. The zero-order chi connectivity index (χ0) is 13.5. The molecule has 0 aliphatic carbocycles. The van der Waals surface area contributed by atoms with Gasteiger partial charge in [0, 0.05) is 12.2 Å². The highest BCUT2D eigenvalue weighted by Crippen LogP contribution is 1.93. The van der Waals surface area contributed by atoms with Crippen molar-refractivity contribution < 1.29 is 28.7 Å². The van der Waals surface area contributed by atoms with E-state index in [1.807, 2.05) is 0 Å². The summed E-state index contributed by atoms with van der Waals surface area (Å²) in [7, 11) is 1.17. The lowest BCUT2D eigenvalue weighted by atomic mass is 10.2. The zero-order valence-electron chi connectivity index (χ0n) is 9.60. The molecule has 0 saturated carbocycles. The Labute approximate surface area is 102 Å². The van der Waals surface area contributed by atoms with Crippen LogP contribution in [0.1, 0.15) is 0 Å². The number of hydrogen-bond donors (Lipinski definition) is 2. The molecule has 0 aromatic heterocycles. The fourth-order valence-corrected chi connectivity index (χ4v) is 1.14. The molecule has 2 N–H and O–H groups in total. The molecule has 1 aliphatic rings. The maximum atomic E-state index is 11.3. The van der Waals surface area contributed by atoms with Crippen molar-refractivity contribution in [3.05, 3.63) is 12.2 Å². The van der Waals surface area contributed by atoms with Gasteiger partial charge in [0.25, 0.3) is 0 Å². The van der Waals surface area contributed by atoms with Crippen molar-refractivity contribution in [3.8, 4) is 0 Å². The molecule has 1 rings (SSSR count). The van der Waals surface area contributed by atoms with Crippen molar-refractivity contribution in [3.63, 3.8) is 0 Å². The predicted molar refractivity (Wildman–Crippen MR) is 57.1 cm³/mol. The number of rotatable bonds is 4. The van der Waals surface area contributed by atoms with E-state index in [0.29, 0.717) is 0 Å². The number of piperazine rings is 1. The summed E-state index contributed by atoms with van der Waals surface area (Å²) >= 11 is 0. The summed E-state index contributed by atoms with van der Waals surface area (Å²) in [5.74, 6) is -2.30. The molecule has 1 fully saturated rings. The third-order valence-electron chi connectivity index (χ3n) is 2.02. The summed E-state index contributed by atoms with van der Waals surface area (Å²) in [4.78, 5) is 44.0. The van der Waals surface area contributed by atoms with Gasteiger partial charge in [-0.15, -0.1) is 0 Å². The standard InChI is InChI=1S/C10H12N2O6/c1-17-8(14)2-3-9(15)18-5-6-10(16)11-4-7(13)12-6/h2-3,6H,4-5H2,1H3,(H,11,16)(H,12,13)/b3-2+/t6-/m1/s1. The van der Waals surface area contributed by atoms with Crippen LogP contribution in [0, 0.1) is 0 Å². The van der Waals surface area contributed by atoms with Gasteiger partial charge in [-0.2, -0.15) is 0 Å². The smallest absolute Gasteiger partial charge is 0.331 e. The molecular formula is C10H12N2O6. The van der Waals surface area contributed by atoms with Crippen LogP contribution in [0.3, 0.4) is 0 Å². The second kappa shape index (κ2) is 6.38. The molecule has 1 saturated heterocycles. The molecule has 0 spiro atoms. The van der Waals surface area contributed by atoms with Crippen LogP contribution in [-0.4, -0.2) is 50.1 Å². The lowest BCUT2D eigenvalue weighted by Gasteiger charge is -2.22. The molecular weight excluding hydrogens is 244 g/mol. The topological polar surface area (TPSA) is 111 Å². The van der Waals surface area contributed by atoms with Crippen molar-refractivity contribution in [2.45, 2.75) is 6.04 Å². The number of methoxy groups -OCH3 is 1. The molecule has 0 aromatic rings. The molecule has 0 radical (unpaired) electrons. The lowest BCUT2D eigenvalue weighted by Crippen LogP contribution is -2.58. The van der Waals surface area contributed by atoms with Gasteiger partial charge in [-0.3, -0.25) is 9.59 Å². The van der Waals surface area contributed by atoms with Crippen LogP contribution in [-0.2, 0) is 28.7 Å². The summed E-state index contributed by atoms with van der Waals surface area (Å²) in [5.41, 5.74) is 0. The van der Waals surface area contributed by atoms with Gasteiger partial charge in [-0.05, 0) is 0 Å². The SMILES string of the molecule is COC(=O)/C=C/C(=O)OC[C@H]1NC(=O)CNC1=O. The number of amides is 2. The Hall–Kier alpha value is -2.38. The van der Waals surface area contributed by atoms with Gasteiger partial charge in [-0.25, -0.2) is 9.59 Å². The van der Waals surface area contributed by atoms with Gasteiger partial charge in [0.05, 0.1) is 13.7 Å². The fraction of sp³-hybridized carbons (Fsp3) is 0.400. The number of ether oxygens (including phenoxy) is 2. The summed E-state index contributed by atoms with van der Waals surface area (Å²) in [6.45, 7) is -0.395. The quantitative estimate of drug-likeness (QED) is 0.439. The number of nitrogens with one attached hydrogen (secondary N) is 2. The van der Waals surface area contributed by atoms with Crippen molar-refractivity contribution in [2.24, 2.45) is 0 Å². The van der Waals surface area contributed by atoms with E-state index in [2.05, 4.69) is 20.1 Å². The largest absolute Gasteiger partial charge is 0.466 e. The summed E-state index contributed by atoms with van der Waals surface area (Å²) < 4.78 is 8.96. The maximum absolute atomic E-state index is 11.3. The molecule has 1 atom stereocenters. The third-order valence-corrected chi connectivity index (χ3v) is 2.02. The number of carbonyl (C=O) groups excluding carboxylic acids is 4. The van der Waals surface area contributed by atoms with Crippen LogP contribution in [0.15, 0.2) is 12.2 Å². The van der Waals surface area contributed by atoms with E-state index >= 15 is 0 Å².